The Morgan fingerprint density at radius 3 is 2.56 bits per heavy atom. The molecule has 0 bridgehead atoms. The zero-order valence-electron chi connectivity index (χ0n) is 19.6. The largest absolute Gasteiger partial charge is 0.369 e. The molecule has 1 unspecified atom stereocenters. The highest BCUT2D eigenvalue weighted by Gasteiger charge is 2.20. The first-order chi connectivity index (χ1) is 15.3. The molecule has 0 saturated carbocycles. The molecule has 1 amide bonds. The smallest absolute Gasteiger partial charge is 0.247 e. The molecule has 0 aliphatic carbocycles. The van der Waals surface area contributed by atoms with Gasteiger partial charge in [0.25, 0.3) is 0 Å². The minimum atomic E-state index is -0.319. The summed E-state index contributed by atoms with van der Waals surface area (Å²) in [4.78, 5) is 16.8. The lowest BCUT2D eigenvalue weighted by molar-refractivity contribution is -0.118. The van der Waals surface area contributed by atoms with Crippen LogP contribution in [0.5, 0.6) is 0 Å². The first kappa shape index (κ1) is 22.7. The number of nitrogens with zero attached hydrogens (tertiary/aromatic N) is 3. The van der Waals surface area contributed by atoms with E-state index in [1.165, 1.54) is 15.8 Å². The Kier molecular flexibility index (Phi) is 6.79. The average Bonchev–Trinajstić information content (AvgIpc) is 3.10. The van der Waals surface area contributed by atoms with Crippen LogP contribution in [0.4, 0.5) is 11.4 Å². The van der Waals surface area contributed by atoms with Gasteiger partial charge in [-0.2, -0.15) is 0 Å². The molecule has 1 fully saturated rings. The summed E-state index contributed by atoms with van der Waals surface area (Å²) in [7, 11) is 4.08. The number of piperazine rings is 1. The van der Waals surface area contributed by atoms with Gasteiger partial charge >= 0.3 is 0 Å². The Morgan fingerprint density at radius 2 is 1.84 bits per heavy atom. The Labute approximate surface area is 195 Å². The number of carbonyl (C=O) groups is 1. The van der Waals surface area contributed by atoms with Crippen molar-refractivity contribution in [1.82, 2.24) is 14.2 Å². The zero-order chi connectivity index (χ0) is 22.8. The molecule has 0 radical (unpaired) electrons. The van der Waals surface area contributed by atoms with E-state index in [0.717, 1.165) is 48.6 Å². The van der Waals surface area contributed by atoms with E-state index in [9.17, 15) is 4.79 Å². The van der Waals surface area contributed by atoms with Crippen LogP contribution in [-0.2, 0) is 4.79 Å². The molecule has 2 N–H and O–H groups in total. The Morgan fingerprint density at radius 1 is 1.09 bits per heavy atom. The molecule has 1 aromatic heterocycles. The Bertz CT molecular complexity index is 1120. The van der Waals surface area contributed by atoms with Crippen LogP contribution >= 0.6 is 11.9 Å². The summed E-state index contributed by atoms with van der Waals surface area (Å²) >= 11 is 1.70. The number of carbonyl (C=O) groups excluding carboxylic acids is 1. The molecule has 1 aliphatic heterocycles. The molecule has 4 rings (SSSR count). The van der Waals surface area contributed by atoms with E-state index < -0.39 is 0 Å². The van der Waals surface area contributed by atoms with Gasteiger partial charge in [-0.05, 0) is 88.3 Å². The van der Waals surface area contributed by atoms with E-state index in [1.54, 1.807) is 11.9 Å². The average molecular weight is 452 g/mol. The highest BCUT2D eigenvalue weighted by molar-refractivity contribution is 7.97. The number of anilines is 2. The normalized spacial score (nSPS) is 15.4. The van der Waals surface area contributed by atoms with Crippen molar-refractivity contribution in [3.63, 3.8) is 0 Å². The van der Waals surface area contributed by atoms with Crippen LogP contribution in [0.25, 0.3) is 10.9 Å². The molecule has 6 nitrogen and oxygen atoms in total. The van der Waals surface area contributed by atoms with E-state index in [0.29, 0.717) is 0 Å². The summed E-state index contributed by atoms with van der Waals surface area (Å²) in [6, 6.07) is 12.5. The molecule has 1 saturated heterocycles. The van der Waals surface area contributed by atoms with Crippen molar-refractivity contribution in [2.24, 2.45) is 0 Å². The van der Waals surface area contributed by atoms with Crippen LogP contribution in [0.3, 0.4) is 0 Å². The second kappa shape index (κ2) is 9.57. The number of hydrogen-bond acceptors (Lipinski definition) is 5. The second-order valence-electron chi connectivity index (χ2n) is 8.70. The second-order valence-corrected chi connectivity index (χ2v) is 10.1. The number of rotatable bonds is 6. The fourth-order valence-electron chi connectivity index (χ4n) is 4.22. The van der Waals surface area contributed by atoms with E-state index in [4.69, 9.17) is 0 Å². The number of aromatic nitrogens is 1. The van der Waals surface area contributed by atoms with E-state index in [2.05, 4.69) is 73.9 Å². The Hall–Kier alpha value is -2.48. The topological polar surface area (TPSA) is 52.5 Å². The van der Waals surface area contributed by atoms with Crippen LogP contribution in [0.1, 0.15) is 24.1 Å². The van der Waals surface area contributed by atoms with Crippen molar-refractivity contribution in [1.29, 1.82) is 0 Å². The third-order valence-corrected chi connectivity index (χ3v) is 6.88. The number of aryl methyl sites for hydroxylation is 2. The predicted molar refractivity (Wildman–Crippen MR) is 136 cm³/mol. The maximum absolute atomic E-state index is 13.3. The third kappa shape index (κ3) is 4.80. The van der Waals surface area contributed by atoms with Gasteiger partial charge in [0.05, 0.1) is 0 Å². The van der Waals surface area contributed by atoms with Gasteiger partial charge in [-0.15, -0.1) is 0 Å². The van der Waals surface area contributed by atoms with Crippen LogP contribution in [-0.4, -0.2) is 55.1 Å². The minimum Gasteiger partial charge on any atom is -0.369 e. The van der Waals surface area contributed by atoms with Gasteiger partial charge in [0.15, 0.2) is 0 Å². The number of benzene rings is 2. The van der Waals surface area contributed by atoms with Crippen LogP contribution < -0.4 is 15.5 Å². The van der Waals surface area contributed by atoms with Crippen molar-refractivity contribution in [3.05, 3.63) is 53.7 Å². The van der Waals surface area contributed by atoms with Crippen LogP contribution in [0.2, 0.25) is 0 Å². The standard InChI is InChI=1S/C25H33N5OS/c1-17-6-7-20(29-12-10-26-11-13-29)14-23(17)27-25(31)19(3)30-16-18(2)22-15-21(32-28(4)5)8-9-24(22)30/h6-9,14-16,19,26H,10-13H2,1-5H3,(H,27,31). The first-order valence-corrected chi connectivity index (χ1v) is 11.9. The summed E-state index contributed by atoms with van der Waals surface area (Å²) < 4.78 is 4.17. The molecule has 1 aliphatic rings. The van der Waals surface area contributed by atoms with Crippen molar-refractivity contribution in [2.75, 3.05) is 50.5 Å². The van der Waals surface area contributed by atoms with E-state index in [-0.39, 0.29) is 11.9 Å². The number of amides is 1. The first-order valence-electron chi connectivity index (χ1n) is 11.2. The predicted octanol–water partition coefficient (Wildman–Crippen LogP) is 4.44. The zero-order valence-corrected chi connectivity index (χ0v) is 20.4. The molecule has 1 atom stereocenters. The highest BCUT2D eigenvalue weighted by Crippen LogP contribution is 2.31. The number of fused-ring (bicyclic) bond motifs is 1. The number of hydrogen-bond donors (Lipinski definition) is 2. The van der Waals surface area contributed by atoms with E-state index >= 15 is 0 Å². The Balaban J connectivity index is 1.56. The van der Waals surface area contributed by atoms with Gasteiger partial charge in [0.2, 0.25) is 5.91 Å². The van der Waals surface area contributed by atoms with Gasteiger partial charge in [-0.1, -0.05) is 6.07 Å². The molecular formula is C25H33N5OS. The lowest BCUT2D eigenvalue weighted by Gasteiger charge is -2.30. The molecule has 7 heteroatoms. The molecular weight excluding hydrogens is 418 g/mol. The van der Waals surface area contributed by atoms with Crippen molar-refractivity contribution < 1.29 is 4.79 Å². The van der Waals surface area contributed by atoms with Crippen LogP contribution in [0.15, 0.2) is 47.5 Å². The maximum atomic E-state index is 13.3. The fourth-order valence-corrected chi connectivity index (χ4v) is 4.94. The summed E-state index contributed by atoms with van der Waals surface area (Å²) in [6.07, 6.45) is 2.09. The maximum Gasteiger partial charge on any atom is 0.247 e. The van der Waals surface area contributed by atoms with Crippen molar-refractivity contribution in [3.8, 4) is 0 Å². The molecule has 2 aromatic carbocycles. The molecule has 2 heterocycles. The summed E-state index contributed by atoms with van der Waals surface area (Å²) in [6.45, 7) is 10.1. The fraction of sp³-hybridized carbons (Fsp3) is 0.400. The minimum absolute atomic E-state index is 0.00537. The highest BCUT2D eigenvalue weighted by atomic mass is 32.2. The quantitative estimate of drug-likeness (QED) is 0.543. The molecule has 32 heavy (non-hydrogen) atoms. The van der Waals surface area contributed by atoms with Gasteiger partial charge < -0.3 is 20.1 Å². The lowest BCUT2D eigenvalue weighted by atomic mass is 10.1. The molecule has 0 spiro atoms. The van der Waals surface area contributed by atoms with Gasteiger partial charge in [0.1, 0.15) is 6.04 Å². The van der Waals surface area contributed by atoms with Gasteiger partial charge in [-0.25, -0.2) is 0 Å². The lowest BCUT2D eigenvalue weighted by Crippen LogP contribution is -2.43. The summed E-state index contributed by atoms with van der Waals surface area (Å²) in [5.41, 5.74) is 5.38. The van der Waals surface area contributed by atoms with Crippen molar-refractivity contribution >= 4 is 40.1 Å². The molecule has 3 aromatic rings. The summed E-state index contributed by atoms with van der Waals surface area (Å²) in [5.74, 6) is -0.00537. The molecule has 170 valence electrons. The SMILES string of the molecule is Cc1ccc(N2CCNCC2)cc1NC(=O)C(C)n1cc(C)c2cc(SN(C)C)ccc21. The monoisotopic (exact) mass is 451 g/mol. The van der Waals surface area contributed by atoms with Gasteiger partial charge in [0, 0.05) is 59.5 Å². The number of nitrogens with one attached hydrogen (secondary N) is 2. The van der Waals surface area contributed by atoms with Gasteiger partial charge in [-0.3, -0.25) is 9.10 Å². The van der Waals surface area contributed by atoms with Crippen LogP contribution in [0, 0.1) is 13.8 Å². The summed E-state index contributed by atoms with van der Waals surface area (Å²) in [5, 5.41) is 7.76. The van der Waals surface area contributed by atoms with Crippen molar-refractivity contribution in [2.45, 2.75) is 31.7 Å². The van der Waals surface area contributed by atoms with E-state index in [1.807, 2.05) is 27.9 Å². The third-order valence-electron chi connectivity index (χ3n) is 6.05.